The molecule has 0 unspecified atom stereocenters. The number of nitrogens with zero attached hydrogens (tertiary/aromatic N) is 2. The summed E-state index contributed by atoms with van der Waals surface area (Å²) in [5.41, 5.74) is 2.94. The van der Waals surface area contributed by atoms with E-state index in [1.165, 1.54) is 0 Å². The Morgan fingerprint density at radius 2 is 1.92 bits per heavy atom. The van der Waals surface area contributed by atoms with Crippen molar-refractivity contribution in [1.29, 1.82) is 0 Å². The number of nitrogens with one attached hydrogen (secondary N) is 1. The number of anilines is 1. The van der Waals surface area contributed by atoms with E-state index in [4.69, 9.17) is 0 Å². The van der Waals surface area contributed by atoms with Gasteiger partial charge < -0.3 is 14.8 Å². The molecule has 5 nitrogen and oxygen atoms in total. The number of hydrogen-bond donors (Lipinski definition) is 1. The minimum absolute atomic E-state index is 0.0342. The van der Waals surface area contributed by atoms with Gasteiger partial charge in [-0.05, 0) is 23.8 Å². The second-order valence-electron chi connectivity index (χ2n) is 6.82. The third-order valence-electron chi connectivity index (χ3n) is 4.99. The maximum absolute atomic E-state index is 12.7. The third kappa shape index (κ3) is 3.08. The third-order valence-corrected chi connectivity index (χ3v) is 4.99. The second kappa shape index (κ2) is 6.67. The number of amides is 2. The normalized spacial score (nSPS) is 17.0. The van der Waals surface area contributed by atoms with Crippen LogP contribution in [-0.2, 0) is 23.2 Å². The summed E-state index contributed by atoms with van der Waals surface area (Å²) >= 11 is 0. The zero-order chi connectivity index (χ0) is 18.1. The highest BCUT2D eigenvalue weighted by Crippen LogP contribution is 2.26. The number of benzene rings is 2. The van der Waals surface area contributed by atoms with Crippen LogP contribution in [0.5, 0.6) is 0 Å². The van der Waals surface area contributed by atoms with Crippen LogP contribution < -0.4 is 5.32 Å². The Hall–Kier alpha value is -3.08. The lowest BCUT2D eigenvalue weighted by Gasteiger charge is -2.17. The molecule has 132 valence electrons. The summed E-state index contributed by atoms with van der Waals surface area (Å²) in [6, 6.07) is 17.7. The molecule has 1 aromatic heterocycles. The van der Waals surface area contributed by atoms with Crippen LogP contribution in [0, 0.1) is 5.92 Å². The first kappa shape index (κ1) is 16.4. The number of carbonyl (C=O) groups is 2. The zero-order valence-electron chi connectivity index (χ0n) is 14.7. The fourth-order valence-corrected chi connectivity index (χ4v) is 3.55. The Labute approximate surface area is 152 Å². The van der Waals surface area contributed by atoms with Crippen LogP contribution in [0.25, 0.3) is 10.9 Å². The molecule has 2 heterocycles. The molecule has 1 aliphatic heterocycles. The number of fused-ring (bicyclic) bond motifs is 1. The lowest BCUT2D eigenvalue weighted by atomic mass is 10.1. The van der Waals surface area contributed by atoms with E-state index in [9.17, 15) is 9.59 Å². The largest absolute Gasteiger partial charge is 0.350 e. The molecule has 5 heteroatoms. The van der Waals surface area contributed by atoms with Crippen molar-refractivity contribution >= 4 is 28.4 Å². The molecular weight excluding hydrogens is 326 g/mol. The Bertz CT molecular complexity index is 962. The first-order chi connectivity index (χ1) is 12.6. The molecule has 1 atom stereocenters. The van der Waals surface area contributed by atoms with Gasteiger partial charge in [0.15, 0.2) is 0 Å². The van der Waals surface area contributed by atoms with Gasteiger partial charge in [0.05, 0.1) is 11.6 Å². The molecule has 1 saturated heterocycles. The van der Waals surface area contributed by atoms with Crippen LogP contribution in [0.15, 0.2) is 60.8 Å². The van der Waals surface area contributed by atoms with E-state index in [-0.39, 0.29) is 24.2 Å². The summed E-state index contributed by atoms with van der Waals surface area (Å²) in [6.45, 7) is 1.02. The summed E-state index contributed by atoms with van der Waals surface area (Å²) in [5.74, 6) is -0.373. The molecule has 3 aromatic rings. The SMILES string of the molecule is Cn1ccc2c(NC(=O)[C@H]3CC(=O)N(Cc4ccccc4)C3)cccc21. The Morgan fingerprint density at radius 3 is 2.73 bits per heavy atom. The predicted octanol–water partition coefficient (Wildman–Crippen LogP) is 3.17. The summed E-state index contributed by atoms with van der Waals surface area (Å²) in [5, 5.41) is 4.02. The van der Waals surface area contributed by atoms with E-state index in [1.807, 2.05) is 72.4 Å². The van der Waals surface area contributed by atoms with E-state index in [0.717, 1.165) is 22.2 Å². The Morgan fingerprint density at radius 1 is 1.12 bits per heavy atom. The van der Waals surface area contributed by atoms with Crippen LogP contribution in [0.3, 0.4) is 0 Å². The topological polar surface area (TPSA) is 54.3 Å². The first-order valence-electron chi connectivity index (χ1n) is 8.78. The molecule has 0 aliphatic carbocycles. The van der Waals surface area contributed by atoms with Crippen molar-refractivity contribution in [3.63, 3.8) is 0 Å². The average molecular weight is 347 g/mol. The van der Waals surface area contributed by atoms with E-state index in [2.05, 4.69) is 5.32 Å². The molecule has 0 spiro atoms. The fraction of sp³-hybridized carbons (Fsp3) is 0.238. The van der Waals surface area contributed by atoms with Crippen molar-refractivity contribution < 1.29 is 9.59 Å². The lowest BCUT2D eigenvalue weighted by molar-refractivity contribution is -0.128. The second-order valence-corrected chi connectivity index (χ2v) is 6.82. The number of aromatic nitrogens is 1. The van der Waals surface area contributed by atoms with Gasteiger partial charge in [0.1, 0.15) is 0 Å². The van der Waals surface area contributed by atoms with Crippen molar-refractivity contribution in [2.45, 2.75) is 13.0 Å². The van der Waals surface area contributed by atoms with Gasteiger partial charge in [-0.15, -0.1) is 0 Å². The molecule has 0 bridgehead atoms. The van der Waals surface area contributed by atoms with Crippen LogP contribution in [0.2, 0.25) is 0 Å². The van der Waals surface area contributed by atoms with E-state index < -0.39 is 0 Å². The van der Waals surface area contributed by atoms with E-state index in [1.54, 1.807) is 4.90 Å². The lowest BCUT2D eigenvalue weighted by Crippen LogP contribution is -2.28. The van der Waals surface area contributed by atoms with Crippen molar-refractivity contribution in [3.8, 4) is 0 Å². The number of rotatable bonds is 4. The maximum atomic E-state index is 12.7. The maximum Gasteiger partial charge on any atom is 0.229 e. The first-order valence-corrected chi connectivity index (χ1v) is 8.78. The average Bonchev–Trinajstić information content (AvgIpc) is 3.20. The molecule has 1 N–H and O–H groups in total. The summed E-state index contributed by atoms with van der Waals surface area (Å²) in [7, 11) is 1.98. The van der Waals surface area contributed by atoms with Crippen molar-refractivity contribution in [2.24, 2.45) is 13.0 Å². The molecule has 4 rings (SSSR count). The van der Waals surface area contributed by atoms with Crippen LogP contribution in [0.1, 0.15) is 12.0 Å². The number of likely N-dealkylation sites (tertiary alicyclic amines) is 1. The quantitative estimate of drug-likeness (QED) is 0.788. The number of aryl methyl sites for hydroxylation is 1. The summed E-state index contributed by atoms with van der Waals surface area (Å²) < 4.78 is 2.02. The highest BCUT2D eigenvalue weighted by molar-refractivity contribution is 6.03. The van der Waals surface area contributed by atoms with Gasteiger partial charge in [0.25, 0.3) is 0 Å². The number of carbonyl (C=O) groups excluding carboxylic acids is 2. The smallest absolute Gasteiger partial charge is 0.229 e. The molecule has 1 fully saturated rings. The minimum Gasteiger partial charge on any atom is -0.350 e. The molecule has 1 aliphatic rings. The Kier molecular flexibility index (Phi) is 4.21. The molecule has 2 aromatic carbocycles. The molecule has 26 heavy (non-hydrogen) atoms. The monoisotopic (exact) mass is 347 g/mol. The van der Waals surface area contributed by atoms with Crippen molar-refractivity contribution in [2.75, 3.05) is 11.9 Å². The van der Waals surface area contributed by atoms with Crippen LogP contribution >= 0.6 is 0 Å². The van der Waals surface area contributed by atoms with Crippen LogP contribution in [-0.4, -0.2) is 27.8 Å². The van der Waals surface area contributed by atoms with Gasteiger partial charge in [-0.25, -0.2) is 0 Å². The molecular formula is C21H21N3O2. The Balaban J connectivity index is 1.46. The van der Waals surface area contributed by atoms with Gasteiger partial charge in [-0.2, -0.15) is 0 Å². The van der Waals surface area contributed by atoms with E-state index in [0.29, 0.717) is 13.1 Å². The predicted molar refractivity (Wildman–Crippen MR) is 102 cm³/mol. The van der Waals surface area contributed by atoms with Gasteiger partial charge >= 0.3 is 0 Å². The highest BCUT2D eigenvalue weighted by atomic mass is 16.2. The fourth-order valence-electron chi connectivity index (χ4n) is 3.55. The molecule has 0 saturated carbocycles. The number of hydrogen-bond acceptors (Lipinski definition) is 2. The van der Waals surface area contributed by atoms with Crippen LogP contribution in [0.4, 0.5) is 5.69 Å². The minimum atomic E-state index is -0.315. The molecule has 0 radical (unpaired) electrons. The van der Waals surface area contributed by atoms with E-state index >= 15 is 0 Å². The summed E-state index contributed by atoms with van der Waals surface area (Å²) in [4.78, 5) is 26.8. The zero-order valence-corrected chi connectivity index (χ0v) is 14.7. The van der Waals surface area contributed by atoms with Gasteiger partial charge in [-0.3, -0.25) is 9.59 Å². The van der Waals surface area contributed by atoms with Gasteiger partial charge in [-0.1, -0.05) is 36.4 Å². The highest BCUT2D eigenvalue weighted by Gasteiger charge is 2.34. The van der Waals surface area contributed by atoms with Crippen molar-refractivity contribution in [1.82, 2.24) is 9.47 Å². The van der Waals surface area contributed by atoms with Crippen molar-refractivity contribution in [3.05, 3.63) is 66.4 Å². The van der Waals surface area contributed by atoms with Gasteiger partial charge in [0, 0.05) is 43.7 Å². The summed E-state index contributed by atoms with van der Waals surface area (Å²) in [6.07, 6.45) is 2.24. The molecule has 2 amide bonds. The standard InChI is InChI=1S/C21H21N3O2/c1-23-11-10-17-18(8-5-9-19(17)23)22-21(26)16-12-20(25)24(14-16)13-15-6-3-2-4-7-15/h2-11,16H,12-14H2,1H3,(H,22,26)/t16-/m0/s1. The van der Waals surface area contributed by atoms with Gasteiger partial charge in [0.2, 0.25) is 11.8 Å².